The van der Waals surface area contributed by atoms with Gasteiger partial charge in [0.25, 0.3) is 0 Å². The van der Waals surface area contributed by atoms with Crippen molar-refractivity contribution in [1.82, 2.24) is 4.57 Å². The van der Waals surface area contributed by atoms with Crippen molar-refractivity contribution in [3.8, 4) is 5.69 Å². The van der Waals surface area contributed by atoms with Crippen LogP contribution in [0.1, 0.15) is 11.5 Å². The van der Waals surface area contributed by atoms with Crippen molar-refractivity contribution in [3.63, 3.8) is 0 Å². The quantitative estimate of drug-likeness (QED) is 0.186. The van der Waals surface area contributed by atoms with Gasteiger partial charge in [-0.3, -0.25) is 0 Å². The fourth-order valence-electron chi connectivity index (χ4n) is 8.14. The Labute approximate surface area is 273 Å². The maximum absolute atomic E-state index is 2.63. The van der Waals surface area contributed by atoms with Gasteiger partial charge in [-0.1, -0.05) is 91.0 Å². The van der Waals surface area contributed by atoms with Crippen molar-refractivity contribution in [2.45, 2.75) is 12.0 Å². The van der Waals surface area contributed by atoms with Crippen molar-refractivity contribution >= 4 is 96.2 Å². The summed E-state index contributed by atoms with van der Waals surface area (Å²) >= 11 is 3.76. The van der Waals surface area contributed by atoms with Crippen LogP contribution in [0.2, 0.25) is 0 Å². The summed E-state index contributed by atoms with van der Waals surface area (Å²) in [7, 11) is 0. The molecule has 216 valence electrons. The third-order valence-corrected chi connectivity index (χ3v) is 12.4. The highest BCUT2D eigenvalue weighted by Crippen LogP contribution is 2.53. The van der Waals surface area contributed by atoms with E-state index < -0.39 is 0 Å². The third kappa shape index (κ3) is 3.30. The Hall–Kier alpha value is -5.16. The van der Waals surface area contributed by atoms with Crippen molar-refractivity contribution < 1.29 is 0 Å². The predicted octanol–water partition coefficient (Wildman–Crippen LogP) is 12.2. The summed E-state index contributed by atoms with van der Waals surface area (Å²) in [5.41, 5.74) is 7.67. The van der Waals surface area contributed by atoms with E-state index >= 15 is 0 Å². The minimum atomic E-state index is 0.211. The van der Waals surface area contributed by atoms with Gasteiger partial charge in [-0.2, -0.15) is 0 Å². The Morgan fingerprint density at radius 1 is 0.478 bits per heavy atom. The topological polar surface area (TPSA) is 8.17 Å². The number of allylic oxidation sites excluding steroid dienone is 2. The molecule has 4 heterocycles. The fourth-order valence-corrected chi connectivity index (χ4v) is 10.3. The largest absolute Gasteiger partial charge is 0.332 e. The second-order valence-corrected chi connectivity index (χ2v) is 14.6. The molecule has 0 saturated heterocycles. The Morgan fingerprint density at radius 3 is 1.85 bits per heavy atom. The molecule has 0 spiro atoms. The van der Waals surface area contributed by atoms with Gasteiger partial charge in [-0.25, -0.2) is 0 Å². The van der Waals surface area contributed by atoms with E-state index in [4.69, 9.17) is 0 Å². The Kier molecular flexibility index (Phi) is 5.01. The molecule has 0 bridgehead atoms. The summed E-state index contributed by atoms with van der Waals surface area (Å²) in [5.74, 6) is 0.286. The molecule has 0 fully saturated rings. The van der Waals surface area contributed by atoms with Gasteiger partial charge in [0.2, 0.25) is 0 Å². The number of fused-ring (bicyclic) bond motifs is 13. The average Bonchev–Trinajstić information content (AvgIpc) is 3.85. The van der Waals surface area contributed by atoms with Gasteiger partial charge in [-0.15, -0.1) is 22.7 Å². The number of para-hydroxylation sites is 1. The molecule has 0 N–H and O–H groups in total. The van der Waals surface area contributed by atoms with E-state index in [1.54, 1.807) is 0 Å². The average molecular weight is 623 g/mol. The molecule has 0 amide bonds. The van der Waals surface area contributed by atoms with E-state index in [9.17, 15) is 0 Å². The first-order chi connectivity index (χ1) is 22.8. The number of hydrogen-bond acceptors (Lipinski definition) is 3. The van der Waals surface area contributed by atoms with Gasteiger partial charge in [0.15, 0.2) is 0 Å². The molecule has 0 radical (unpaired) electrons. The molecule has 4 heteroatoms. The van der Waals surface area contributed by atoms with Crippen molar-refractivity contribution in [1.29, 1.82) is 0 Å². The lowest BCUT2D eigenvalue weighted by molar-refractivity contribution is 0.745. The van der Waals surface area contributed by atoms with Crippen LogP contribution < -0.4 is 4.90 Å². The number of benzene rings is 6. The zero-order valence-electron chi connectivity index (χ0n) is 24.7. The van der Waals surface area contributed by atoms with Gasteiger partial charge < -0.3 is 9.47 Å². The lowest BCUT2D eigenvalue weighted by Gasteiger charge is -2.29. The van der Waals surface area contributed by atoms with Gasteiger partial charge in [-0.05, 0) is 60.2 Å². The van der Waals surface area contributed by atoms with E-state index in [0.29, 0.717) is 0 Å². The summed E-state index contributed by atoms with van der Waals surface area (Å²) in [6.45, 7) is 0. The van der Waals surface area contributed by atoms with Crippen LogP contribution >= 0.6 is 22.7 Å². The summed E-state index contributed by atoms with van der Waals surface area (Å²) in [5, 5.41) is 7.90. The fraction of sp³-hybridized carbons (Fsp3) is 0.0476. The number of nitrogens with zero attached hydrogens (tertiary/aromatic N) is 2. The minimum absolute atomic E-state index is 0.211. The molecule has 9 aromatic rings. The monoisotopic (exact) mass is 622 g/mol. The molecule has 0 saturated carbocycles. The van der Waals surface area contributed by atoms with Crippen LogP contribution in [-0.4, -0.2) is 10.6 Å². The summed E-state index contributed by atoms with van der Waals surface area (Å²) in [6.07, 6.45) is 9.23. The van der Waals surface area contributed by atoms with Gasteiger partial charge in [0.1, 0.15) is 0 Å². The molecule has 2 nitrogen and oxygen atoms in total. The molecule has 6 aromatic carbocycles. The molecule has 1 aliphatic carbocycles. The molecule has 3 aromatic heterocycles. The van der Waals surface area contributed by atoms with Gasteiger partial charge in [0, 0.05) is 68.4 Å². The molecule has 11 rings (SSSR count). The molecular formula is C42H26N2S2. The standard InChI is InChI=1S/C42H26N2S2/c1-5-13-35-27(9-1)31-19-20-32-28-10-2-6-14-36(28)44(26-18-22-40-34(24-26)30-12-4-8-16-38(30)46-40)42(32)41(31)43(35)25-17-21-39-33(23-25)29-11-3-7-15-37(29)45-39/h1-24,27,35H. The van der Waals surface area contributed by atoms with Crippen molar-refractivity contribution in [2.75, 3.05) is 4.90 Å². The second-order valence-electron chi connectivity index (χ2n) is 12.5. The number of hydrogen-bond donors (Lipinski definition) is 0. The first kappa shape index (κ1) is 25.1. The third-order valence-electron chi connectivity index (χ3n) is 10.1. The zero-order valence-corrected chi connectivity index (χ0v) is 26.4. The number of aromatic nitrogens is 1. The van der Waals surface area contributed by atoms with Crippen LogP contribution in [-0.2, 0) is 0 Å². The first-order valence-electron chi connectivity index (χ1n) is 15.9. The van der Waals surface area contributed by atoms with Crippen molar-refractivity contribution in [3.05, 3.63) is 151 Å². The Morgan fingerprint density at radius 2 is 1.09 bits per heavy atom. The van der Waals surface area contributed by atoms with Crippen LogP contribution in [0.15, 0.2) is 146 Å². The zero-order chi connectivity index (χ0) is 29.9. The lowest BCUT2D eigenvalue weighted by atomic mass is 9.91. The van der Waals surface area contributed by atoms with E-state index in [0.717, 1.165) is 0 Å². The van der Waals surface area contributed by atoms with Gasteiger partial charge in [0.05, 0.1) is 22.8 Å². The SMILES string of the molecule is C1=CC2c3ccc4c5ccccc5n(-c5ccc6sc7ccccc7c6c5)c4c3N(c3ccc4sc5ccccc5c4c3)C2C=C1. The molecule has 2 aliphatic rings. The van der Waals surface area contributed by atoms with Crippen LogP contribution in [0.4, 0.5) is 11.4 Å². The first-order valence-corrected chi connectivity index (χ1v) is 17.5. The smallest absolute Gasteiger partial charge is 0.0782 e. The van der Waals surface area contributed by atoms with E-state index in [1.807, 2.05) is 22.7 Å². The molecule has 2 unspecified atom stereocenters. The van der Waals surface area contributed by atoms with Gasteiger partial charge >= 0.3 is 0 Å². The highest BCUT2D eigenvalue weighted by Gasteiger charge is 2.40. The molecule has 1 aliphatic heterocycles. The lowest BCUT2D eigenvalue weighted by Crippen LogP contribution is -2.28. The van der Waals surface area contributed by atoms with Crippen LogP contribution in [0.3, 0.4) is 0 Å². The van der Waals surface area contributed by atoms with Crippen molar-refractivity contribution in [2.24, 2.45) is 0 Å². The van der Waals surface area contributed by atoms with E-state index in [1.165, 1.54) is 84.8 Å². The summed E-state index contributed by atoms with van der Waals surface area (Å²) < 4.78 is 7.88. The molecule has 2 atom stereocenters. The van der Waals surface area contributed by atoms with E-state index in [2.05, 4.69) is 155 Å². The van der Waals surface area contributed by atoms with Crippen LogP contribution in [0.25, 0.3) is 67.8 Å². The van der Waals surface area contributed by atoms with Crippen LogP contribution in [0, 0.1) is 0 Å². The maximum atomic E-state index is 2.63. The number of anilines is 2. The number of thiophene rings is 2. The normalized spacial score (nSPS) is 17.3. The molecule has 46 heavy (non-hydrogen) atoms. The summed E-state index contributed by atoms with van der Waals surface area (Å²) in [6, 6.07) is 45.6. The predicted molar refractivity (Wildman–Crippen MR) is 200 cm³/mol. The van der Waals surface area contributed by atoms with Crippen LogP contribution in [0.5, 0.6) is 0 Å². The highest BCUT2D eigenvalue weighted by atomic mass is 32.1. The maximum Gasteiger partial charge on any atom is 0.0782 e. The molecular weight excluding hydrogens is 597 g/mol. The minimum Gasteiger partial charge on any atom is -0.332 e. The van der Waals surface area contributed by atoms with E-state index in [-0.39, 0.29) is 12.0 Å². The second kappa shape index (κ2) is 9.20. The Balaban J connectivity index is 1.24. The summed E-state index contributed by atoms with van der Waals surface area (Å²) in [4.78, 5) is 2.63. The highest BCUT2D eigenvalue weighted by molar-refractivity contribution is 7.26. The Bertz CT molecular complexity index is 2790. The number of rotatable bonds is 2.